The first-order valence-electron chi connectivity index (χ1n) is 10.0. The van der Waals surface area contributed by atoms with Crippen LogP contribution in [0.1, 0.15) is 56.0 Å². The van der Waals surface area contributed by atoms with Crippen molar-refractivity contribution in [3.63, 3.8) is 0 Å². The Balaban J connectivity index is 0.00000109. The largest absolute Gasteiger partial charge is 0.442 e. The maximum atomic E-state index is 12.1. The van der Waals surface area contributed by atoms with Crippen molar-refractivity contribution < 1.29 is 9.53 Å². The van der Waals surface area contributed by atoms with Crippen LogP contribution in [0.3, 0.4) is 0 Å². The molecule has 0 saturated carbocycles. The predicted molar refractivity (Wildman–Crippen MR) is 116 cm³/mol. The van der Waals surface area contributed by atoms with Crippen molar-refractivity contribution in [1.29, 1.82) is 0 Å². The van der Waals surface area contributed by atoms with Gasteiger partial charge in [0, 0.05) is 40.8 Å². The summed E-state index contributed by atoms with van der Waals surface area (Å²) in [5.41, 5.74) is 4.63. The number of aryl methyl sites for hydroxylation is 1. The average molecular weight is 376 g/mol. The van der Waals surface area contributed by atoms with Gasteiger partial charge in [-0.05, 0) is 30.5 Å². The van der Waals surface area contributed by atoms with E-state index in [1.54, 1.807) is 0 Å². The van der Waals surface area contributed by atoms with E-state index in [1.165, 1.54) is 11.6 Å². The molecular weight excluding hydrogens is 346 g/mol. The lowest BCUT2D eigenvalue weighted by atomic mass is 9.84. The fourth-order valence-electron chi connectivity index (χ4n) is 3.95. The van der Waals surface area contributed by atoms with E-state index in [0.717, 1.165) is 27.7 Å². The van der Waals surface area contributed by atoms with E-state index < -0.39 is 5.60 Å². The number of hydrogen-bond acceptors (Lipinski definition) is 2. The molecule has 28 heavy (non-hydrogen) atoms. The number of para-hydroxylation sites is 1. The first-order valence-corrected chi connectivity index (χ1v) is 10.0. The Morgan fingerprint density at radius 3 is 2.21 bits per heavy atom. The topological polar surface area (TPSA) is 31.2 Å². The number of rotatable bonds is 3. The smallest absolute Gasteiger partial charge is 0.332 e. The zero-order valence-corrected chi connectivity index (χ0v) is 17.6. The van der Waals surface area contributed by atoms with Gasteiger partial charge in [-0.3, -0.25) is 0 Å². The Bertz CT molecular complexity index is 1020. The molecule has 4 rings (SSSR count). The van der Waals surface area contributed by atoms with E-state index in [1.807, 2.05) is 32.1 Å². The van der Waals surface area contributed by atoms with E-state index in [-0.39, 0.29) is 5.97 Å². The maximum absolute atomic E-state index is 12.1. The van der Waals surface area contributed by atoms with Crippen molar-refractivity contribution in [3.05, 3.63) is 83.1 Å². The van der Waals surface area contributed by atoms with Crippen LogP contribution < -0.4 is 0 Å². The van der Waals surface area contributed by atoms with Gasteiger partial charge in [0.2, 0.25) is 0 Å². The highest BCUT2D eigenvalue weighted by Gasteiger charge is 2.43. The van der Waals surface area contributed by atoms with Crippen LogP contribution in [0.5, 0.6) is 0 Å². The molecule has 0 bridgehead atoms. The van der Waals surface area contributed by atoms with Crippen molar-refractivity contribution in [1.82, 2.24) is 4.57 Å². The molecule has 2 heterocycles. The number of carbonyl (C=O) groups is 1. The van der Waals surface area contributed by atoms with Crippen LogP contribution >= 0.6 is 0 Å². The number of fused-ring (bicyclic) bond motifs is 1. The van der Waals surface area contributed by atoms with Gasteiger partial charge in [0.25, 0.3) is 0 Å². The summed E-state index contributed by atoms with van der Waals surface area (Å²) >= 11 is 0. The molecule has 3 heteroatoms. The van der Waals surface area contributed by atoms with Crippen LogP contribution in [0, 0.1) is 6.92 Å². The number of ether oxygens (including phenoxy) is 1. The van der Waals surface area contributed by atoms with E-state index >= 15 is 0 Å². The summed E-state index contributed by atoms with van der Waals surface area (Å²) in [7, 11) is 2.05. The van der Waals surface area contributed by atoms with Crippen molar-refractivity contribution in [2.45, 2.75) is 46.1 Å². The molecule has 0 N–H and O–H groups in total. The summed E-state index contributed by atoms with van der Waals surface area (Å²) in [6.07, 6.45) is 3.44. The molecule has 146 valence electrons. The number of esters is 1. The molecule has 1 aliphatic heterocycles. The predicted octanol–water partition coefficient (Wildman–Crippen LogP) is 5.99. The van der Waals surface area contributed by atoms with Crippen molar-refractivity contribution in [2.75, 3.05) is 0 Å². The second kappa shape index (κ2) is 7.67. The molecule has 0 aliphatic carbocycles. The molecule has 0 spiro atoms. The van der Waals surface area contributed by atoms with Crippen LogP contribution in [0.25, 0.3) is 10.9 Å². The molecule has 0 radical (unpaired) electrons. The van der Waals surface area contributed by atoms with Gasteiger partial charge in [0.15, 0.2) is 5.60 Å². The van der Waals surface area contributed by atoms with Crippen LogP contribution in [0.4, 0.5) is 0 Å². The van der Waals surface area contributed by atoms with Crippen LogP contribution in [-0.2, 0) is 22.2 Å². The monoisotopic (exact) mass is 375 g/mol. The van der Waals surface area contributed by atoms with Crippen LogP contribution in [-0.4, -0.2) is 10.5 Å². The Kier molecular flexibility index (Phi) is 5.46. The Morgan fingerprint density at radius 1 is 1.00 bits per heavy atom. The third kappa shape index (κ3) is 3.05. The Morgan fingerprint density at radius 2 is 1.64 bits per heavy atom. The van der Waals surface area contributed by atoms with Gasteiger partial charge in [0.1, 0.15) is 0 Å². The van der Waals surface area contributed by atoms with Gasteiger partial charge in [-0.15, -0.1) is 0 Å². The number of cyclic esters (lactones) is 1. The lowest BCUT2D eigenvalue weighted by Crippen LogP contribution is -2.28. The summed E-state index contributed by atoms with van der Waals surface area (Å²) in [5.74, 6) is 0.159. The molecule has 0 amide bonds. The zero-order chi connectivity index (χ0) is 20.5. The van der Waals surface area contributed by atoms with E-state index in [9.17, 15) is 4.79 Å². The number of aromatic nitrogens is 1. The quantitative estimate of drug-likeness (QED) is 0.526. The Hall–Kier alpha value is -2.81. The molecule has 0 fully saturated rings. The molecule has 1 atom stereocenters. The van der Waals surface area contributed by atoms with Gasteiger partial charge < -0.3 is 9.30 Å². The summed E-state index contributed by atoms with van der Waals surface area (Å²) in [4.78, 5) is 12.1. The molecular formula is C25H29NO2. The second-order valence-corrected chi connectivity index (χ2v) is 7.30. The number of hydrogen-bond donors (Lipinski definition) is 0. The maximum Gasteiger partial charge on any atom is 0.332 e. The van der Waals surface area contributed by atoms with Gasteiger partial charge in [-0.2, -0.15) is 0 Å². The van der Waals surface area contributed by atoms with Crippen molar-refractivity contribution in [2.24, 2.45) is 7.05 Å². The van der Waals surface area contributed by atoms with Crippen LogP contribution in [0.15, 0.2) is 60.7 Å². The molecule has 3 nitrogen and oxygen atoms in total. The Labute approximate surface area is 167 Å². The minimum absolute atomic E-state index is 0.301. The fraction of sp³-hybridized carbons (Fsp3) is 0.320. The van der Waals surface area contributed by atoms with Gasteiger partial charge in [-0.25, -0.2) is 4.79 Å². The number of nitrogens with zero attached hydrogens (tertiary/aromatic N) is 1. The molecule has 1 unspecified atom stereocenters. The minimum atomic E-state index is -0.877. The highest BCUT2D eigenvalue weighted by atomic mass is 16.6. The molecule has 2 aromatic carbocycles. The molecule has 0 saturated heterocycles. The second-order valence-electron chi connectivity index (χ2n) is 7.30. The number of carbonyl (C=O) groups excluding carboxylic acids is 1. The SMILES string of the molecule is CC.Cc1c(C2(c3ccc(C(C)C)cc3)C=CC(=O)O2)c2ccccc2n1C. The average Bonchev–Trinajstić information content (AvgIpc) is 3.23. The lowest BCUT2D eigenvalue weighted by Gasteiger charge is -2.28. The molecule has 1 aliphatic rings. The van der Waals surface area contributed by atoms with E-state index in [0.29, 0.717) is 5.92 Å². The van der Waals surface area contributed by atoms with Crippen molar-refractivity contribution in [3.8, 4) is 0 Å². The van der Waals surface area contributed by atoms with E-state index in [2.05, 4.69) is 68.8 Å². The van der Waals surface area contributed by atoms with Gasteiger partial charge in [0.05, 0.1) is 0 Å². The first-order chi connectivity index (χ1) is 13.4. The van der Waals surface area contributed by atoms with Crippen molar-refractivity contribution >= 4 is 16.9 Å². The third-order valence-electron chi connectivity index (χ3n) is 5.49. The lowest BCUT2D eigenvalue weighted by molar-refractivity contribution is -0.143. The summed E-state index contributed by atoms with van der Waals surface area (Å²) < 4.78 is 8.12. The minimum Gasteiger partial charge on any atom is -0.442 e. The summed E-state index contributed by atoms with van der Waals surface area (Å²) in [5, 5.41) is 1.11. The summed E-state index contributed by atoms with van der Waals surface area (Å²) in [6.45, 7) is 10.4. The van der Waals surface area contributed by atoms with Gasteiger partial charge >= 0.3 is 5.97 Å². The highest BCUT2D eigenvalue weighted by molar-refractivity contribution is 5.92. The normalized spacial score (nSPS) is 18.3. The van der Waals surface area contributed by atoms with Gasteiger partial charge in [-0.1, -0.05) is 70.2 Å². The standard InChI is InChI=1S/C23H23NO2.C2H6/c1-15(2)17-9-11-18(12-10-17)23(14-13-21(25)26-23)22-16(3)24(4)20-8-6-5-7-19(20)22;1-2/h5-15H,1-4H3;1-2H3. The number of benzene rings is 2. The summed E-state index contributed by atoms with van der Waals surface area (Å²) in [6, 6.07) is 16.7. The fourth-order valence-corrected chi connectivity index (χ4v) is 3.95. The highest BCUT2D eigenvalue weighted by Crippen LogP contribution is 2.44. The van der Waals surface area contributed by atoms with E-state index in [4.69, 9.17) is 4.74 Å². The third-order valence-corrected chi connectivity index (χ3v) is 5.49. The molecule has 3 aromatic rings. The first kappa shape index (κ1) is 19.9. The van der Waals surface area contributed by atoms with Crippen LogP contribution in [0.2, 0.25) is 0 Å². The zero-order valence-electron chi connectivity index (χ0n) is 17.6. The molecule has 1 aromatic heterocycles.